The highest BCUT2D eigenvalue weighted by molar-refractivity contribution is 5.64. The van der Waals surface area contributed by atoms with Crippen LogP contribution in [0.25, 0.3) is 6.08 Å². The Labute approximate surface area is 121 Å². The van der Waals surface area contributed by atoms with Crippen molar-refractivity contribution < 1.29 is 4.74 Å². The maximum atomic E-state index is 8.80. The maximum Gasteiger partial charge on any atom is 0.130 e. The van der Waals surface area contributed by atoms with E-state index in [-0.39, 0.29) is 5.57 Å². The minimum Gasteiger partial charge on any atom is -0.377 e. The Morgan fingerprint density at radius 1 is 1.15 bits per heavy atom. The first-order valence-corrected chi connectivity index (χ1v) is 6.99. The van der Waals surface area contributed by atoms with Gasteiger partial charge in [-0.2, -0.15) is 10.5 Å². The second-order valence-corrected chi connectivity index (χ2v) is 4.59. The molecule has 0 radical (unpaired) electrons. The lowest BCUT2D eigenvalue weighted by Gasteiger charge is -2.07. The maximum absolute atomic E-state index is 8.80. The van der Waals surface area contributed by atoms with E-state index in [1.54, 1.807) is 6.08 Å². The fraction of sp³-hybridized carbons (Fsp3) is 0.412. The van der Waals surface area contributed by atoms with Crippen LogP contribution in [0.4, 0.5) is 0 Å². The van der Waals surface area contributed by atoms with E-state index in [1.165, 1.54) is 19.3 Å². The average molecular weight is 268 g/mol. The predicted octanol–water partition coefficient (Wildman–Crippen LogP) is 4.21. The Balaban J connectivity index is 2.57. The van der Waals surface area contributed by atoms with Gasteiger partial charge in [0.25, 0.3) is 0 Å². The van der Waals surface area contributed by atoms with Crippen molar-refractivity contribution in [2.24, 2.45) is 0 Å². The lowest BCUT2D eigenvalue weighted by atomic mass is 10.1. The van der Waals surface area contributed by atoms with Gasteiger partial charge in [0.1, 0.15) is 17.7 Å². The molecule has 3 heteroatoms. The van der Waals surface area contributed by atoms with Crippen molar-refractivity contribution in [3.8, 4) is 12.1 Å². The summed E-state index contributed by atoms with van der Waals surface area (Å²) in [5, 5.41) is 17.6. The van der Waals surface area contributed by atoms with Crippen molar-refractivity contribution >= 4 is 6.08 Å². The van der Waals surface area contributed by atoms with Crippen LogP contribution in [0.3, 0.4) is 0 Å². The molecule has 0 bridgehead atoms. The molecule has 0 N–H and O–H groups in total. The van der Waals surface area contributed by atoms with Crippen LogP contribution in [0.5, 0.6) is 0 Å². The van der Waals surface area contributed by atoms with Crippen molar-refractivity contribution in [2.75, 3.05) is 6.61 Å². The second kappa shape index (κ2) is 9.78. The molecule has 104 valence electrons. The highest BCUT2D eigenvalue weighted by Gasteiger charge is 2.01. The number of hydrogen-bond donors (Lipinski definition) is 0. The number of nitriles is 2. The minimum atomic E-state index is 0.111. The first-order valence-electron chi connectivity index (χ1n) is 6.99. The third-order valence-electron chi connectivity index (χ3n) is 3.00. The highest BCUT2D eigenvalue weighted by atomic mass is 16.5. The highest BCUT2D eigenvalue weighted by Crippen LogP contribution is 2.14. The normalized spacial score (nSPS) is 9.55. The molecule has 0 aliphatic heterocycles. The minimum absolute atomic E-state index is 0.111. The molecule has 0 spiro atoms. The Hall–Kier alpha value is -2.10. The van der Waals surface area contributed by atoms with Crippen molar-refractivity contribution in [1.29, 1.82) is 10.5 Å². The van der Waals surface area contributed by atoms with Crippen LogP contribution >= 0.6 is 0 Å². The quantitative estimate of drug-likeness (QED) is 0.524. The molecule has 1 aromatic rings. The molecule has 0 fully saturated rings. The predicted molar refractivity (Wildman–Crippen MR) is 79.4 cm³/mol. The largest absolute Gasteiger partial charge is 0.377 e. The fourth-order valence-corrected chi connectivity index (χ4v) is 1.86. The van der Waals surface area contributed by atoms with Gasteiger partial charge < -0.3 is 4.74 Å². The van der Waals surface area contributed by atoms with Gasteiger partial charge in [0.2, 0.25) is 0 Å². The first kappa shape index (κ1) is 16.0. The molecule has 0 amide bonds. The molecule has 0 saturated carbocycles. The summed E-state index contributed by atoms with van der Waals surface area (Å²) in [7, 11) is 0. The second-order valence-electron chi connectivity index (χ2n) is 4.59. The van der Waals surface area contributed by atoms with E-state index in [2.05, 4.69) is 6.92 Å². The number of allylic oxidation sites excluding steroid dienone is 1. The lowest BCUT2D eigenvalue weighted by Crippen LogP contribution is -1.97. The standard InChI is InChI=1S/C17H20N2O/c1-2-3-4-7-10-20-14-17-9-6-5-8-16(17)11-15(12-18)13-19/h5-6,8-9,11H,2-4,7,10,14H2,1H3. The Kier molecular flexibility index (Phi) is 7.80. The van der Waals surface area contributed by atoms with E-state index < -0.39 is 0 Å². The number of benzene rings is 1. The van der Waals surface area contributed by atoms with Crippen LogP contribution in [0.15, 0.2) is 29.8 Å². The molecule has 0 aromatic heterocycles. The lowest BCUT2D eigenvalue weighted by molar-refractivity contribution is 0.116. The summed E-state index contributed by atoms with van der Waals surface area (Å²) in [6, 6.07) is 11.4. The van der Waals surface area contributed by atoms with Crippen LogP contribution in [0.2, 0.25) is 0 Å². The van der Waals surface area contributed by atoms with E-state index in [1.807, 2.05) is 36.4 Å². The molecule has 20 heavy (non-hydrogen) atoms. The molecular weight excluding hydrogens is 248 g/mol. The van der Waals surface area contributed by atoms with Gasteiger partial charge in [0.05, 0.1) is 6.61 Å². The Bertz CT molecular complexity index is 505. The van der Waals surface area contributed by atoms with E-state index in [4.69, 9.17) is 15.3 Å². The number of unbranched alkanes of at least 4 members (excludes halogenated alkanes) is 3. The summed E-state index contributed by atoms with van der Waals surface area (Å²) < 4.78 is 5.66. The van der Waals surface area contributed by atoms with Gasteiger partial charge in [-0.3, -0.25) is 0 Å². The third-order valence-corrected chi connectivity index (χ3v) is 3.00. The monoisotopic (exact) mass is 268 g/mol. The zero-order valence-electron chi connectivity index (χ0n) is 11.9. The van der Waals surface area contributed by atoms with Crippen LogP contribution in [-0.2, 0) is 11.3 Å². The summed E-state index contributed by atoms with van der Waals surface area (Å²) in [5.74, 6) is 0. The summed E-state index contributed by atoms with van der Waals surface area (Å²) in [4.78, 5) is 0. The summed E-state index contributed by atoms with van der Waals surface area (Å²) >= 11 is 0. The van der Waals surface area contributed by atoms with Crippen molar-refractivity contribution in [3.05, 3.63) is 41.0 Å². The first-order chi connectivity index (χ1) is 9.81. The number of rotatable bonds is 8. The van der Waals surface area contributed by atoms with Crippen LogP contribution in [0, 0.1) is 22.7 Å². The molecule has 0 aliphatic rings. The molecule has 3 nitrogen and oxygen atoms in total. The molecule has 0 aliphatic carbocycles. The number of ether oxygens (including phenoxy) is 1. The smallest absolute Gasteiger partial charge is 0.130 e. The van der Waals surface area contributed by atoms with Crippen molar-refractivity contribution in [3.63, 3.8) is 0 Å². The molecular formula is C17H20N2O. The van der Waals surface area contributed by atoms with Gasteiger partial charge in [-0.15, -0.1) is 0 Å². The van der Waals surface area contributed by atoms with Crippen molar-refractivity contribution in [1.82, 2.24) is 0 Å². The zero-order valence-corrected chi connectivity index (χ0v) is 11.9. The summed E-state index contributed by atoms with van der Waals surface area (Å²) in [6.45, 7) is 3.45. The van der Waals surface area contributed by atoms with Gasteiger partial charge >= 0.3 is 0 Å². The molecule has 0 saturated heterocycles. The van der Waals surface area contributed by atoms with Gasteiger partial charge in [-0.25, -0.2) is 0 Å². The topological polar surface area (TPSA) is 56.8 Å². The van der Waals surface area contributed by atoms with Crippen LogP contribution in [0.1, 0.15) is 43.7 Å². The fourth-order valence-electron chi connectivity index (χ4n) is 1.86. The van der Waals surface area contributed by atoms with E-state index >= 15 is 0 Å². The Morgan fingerprint density at radius 3 is 2.60 bits per heavy atom. The van der Waals surface area contributed by atoms with Crippen LogP contribution in [-0.4, -0.2) is 6.61 Å². The SMILES string of the molecule is CCCCCCOCc1ccccc1C=C(C#N)C#N. The van der Waals surface area contributed by atoms with E-state index in [0.29, 0.717) is 6.61 Å². The molecule has 0 heterocycles. The molecule has 0 unspecified atom stereocenters. The summed E-state index contributed by atoms with van der Waals surface area (Å²) in [6.07, 6.45) is 6.35. The molecule has 1 rings (SSSR count). The van der Waals surface area contributed by atoms with Gasteiger partial charge in [0.15, 0.2) is 0 Å². The van der Waals surface area contributed by atoms with Gasteiger partial charge in [0, 0.05) is 6.61 Å². The van der Waals surface area contributed by atoms with Gasteiger partial charge in [-0.05, 0) is 23.6 Å². The zero-order chi connectivity index (χ0) is 14.6. The number of nitrogens with zero attached hydrogens (tertiary/aromatic N) is 2. The molecule has 0 atom stereocenters. The average Bonchev–Trinajstić information content (AvgIpc) is 2.49. The Morgan fingerprint density at radius 2 is 1.90 bits per heavy atom. The van der Waals surface area contributed by atoms with E-state index in [9.17, 15) is 0 Å². The van der Waals surface area contributed by atoms with Gasteiger partial charge in [-0.1, -0.05) is 50.5 Å². The molecule has 1 aromatic carbocycles. The van der Waals surface area contributed by atoms with Crippen molar-refractivity contribution in [2.45, 2.75) is 39.2 Å². The van der Waals surface area contributed by atoms with E-state index in [0.717, 1.165) is 24.2 Å². The summed E-state index contributed by atoms with van der Waals surface area (Å²) in [5.41, 5.74) is 1.99. The third kappa shape index (κ3) is 5.69. The number of hydrogen-bond acceptors (Lipinski definition) is 3. The van der Waals surface area contributed by atoms with Crippen LogP contribution < -0.4 is 0 Å².